The first-order valence-electron chi connectivity index (χ1n) is 7.15. The minimum absolute atomic E-state index is 0.00129. The number of rotatable bonds is 3. The Hall–Kier alpha value is -0.700. The van der Waals surface area contributed by atoms with Gasteiger partial charge in [0.05, 0.1) is 18.7 Å². The molecule has 1 aliphatic carbocycles. The van der Waals surface area contributed by atoms with Gasteiger partial charge in [0.15, 0.2) is 0 Å². The minimum atomic E-state index is -0.260. The molecule has 2 fully saturated rings. The molecule has 2 aliphatic rings. The molecule has 1 N–H and O–H groups in total. The van der Waals surface area contributed by atoms with Gasteiger partial charge < -0.3 is 4.74 Å². The van der Waals surface area contributed by atoms with Crippen LogP contribution in [0.3, 0.4) is 0 Å². The second-order valence-corrected chi connectivity index (χ2v) is 5.84. The number of nitrogens with one attached hydrogen (secondary N) is 1. The molecule has 2 rings (SSSR count). The Morgan fingerprint density at radius 3 is 2.78 bits per heavy atom. The van der Waals surface area contributed by atoms with Crippen molar-refractivity contribution in [1.82, 2.24) is 4.90 Å². The Morgan fingerprint density at radius 1 is 1.39 bits per heavy atom. The SMILES string of the molecule is CC(N=C=N)C1(C)CN(C2CCCCC2)CCO1. The Kier molecular flexibility index (Phi) is 4.55. The summed E-state index contributed by atoms with van der Waals surface area (Å²) in [5.74, 6) is 0. The lowest BCUT2D eigenvalue weighted by molar-refractivity contribution is -0.120. The number of nitrogens with zero attached hydrogens (tertiary/aromatic N) is 2. The molecule has 0 spiro atoms. The molecule has 0 amide bonds. The third kappa shape index (κ3) is 3.00. The maximum Gasteiger partial charge on any atom is 0.101 e. The molecule has 4 heteroatoms. The van der Waals surface area contributed by atoms with E-state index >= 15 is 0 Å². The van der Waals surface area contributed by atoms with Gasteiger partial charge in [0.25, 0.3) is 0 Å². The summed E-state index contributed by atoms with van der Waals surface area (Å²) in [7, 11) is 0. The van der Waals surface area contributed by atoms with E-state index < -0.39 is 0 Å². The highest BCUT2D eigenvalue weighted by Gasteiger charge is 2.39. The zero-order valence-corrected chi connectivity index (χ0v) is 11.6. The Morgan fingerprint density at radius 2 is 2.11 bits per heavy atom. The lowest BCUT2D eigenvalue weighted by atomic mass is 9.90. The molecule has 0 aromatic heterocycles. The second-order valence-electron chi connectivity index (χ2n) is 5.84. The van der Waals surface area contributed by atoms with Gasteiger partial charge in [0.2, 0.25) is 0 Å². The predicted molar refractivity (Wildman–Crippen MR) is 72.4 cm³/mol. The second kappa shape index (κ2) is 5.96. The van der Waals surface area contributed by atoms with E-state index in [1.165, 1.54) is 32.1 Å². The summed E-state index contributed by atoms with van der Waals surface area (Å²) in [5.41, 5.74) is -0.260. The Labute approximate surface area is 110 Å². The highest BCUT2D eigenvalue weighted by Crippen LogP contribution is 2.29. The zero-order valence-electron chi connectivity index (χ0n) is 11.6. The maximum absolute atomic E-state index is 7.00. The highest BCUT2D eigenvalue weighted by molar-refractivity contribution is 5.36. The molecule has 102 valence electrons. The van der Waals surface area contributed by atoms with E-state index in [0.717, 1.165) is 25.7 Å². The molecule has 0 aromatic carbocycles. The standard InChI is InChI=1S/C14H25N3O/c1-12(16-11-15)14(2)10-17(8-9-18-14)13-6-4-3-5-7-13/h12-13,15H,3-10H2,1-2H3. The van der Waals surface area contributed by atoms with Crippen LogP contribution < -0.4 is 0 Å². The molecule has 0 bridgehead atoms. The van der Waals surface area contributed by atoms with Crippen LogP contribution in [0.25, 0.3) is 0 Å². The summed E-state index contributed by atoms with van der Waals surface area (Å²) in [6.45, 7) is 6.90. The summed E-state index contributed by atoms with van der Waals surface area (Å²) in [4.78, 5) is 6.65. The maximum atomic E-state index is 7.00. The van der Waals surface area contributed by atoms with Crippen molar-refractivity contribution in [2.75, 3.05) is 19.7 Å². The van der Waals surface area contributed by atoms with Gasteiger partial charge in [-0.05, 0) is 26.7 Å². The van der Waals surface area contributed by atoms with Crippen LogP contribution in [0, 0.1) is 5.41 Å². The molecule has 1 saturated heterocycles. The van der Waals surface area contributed by atoms with Crippen molar-refractivity contribution in [1.29, 1.82) is 5.41 Å². The van der Waals surface area contributed by atoms with Crippen LogP contribution in [0.1, 0.15) is 46.0 Å². The first-order valence-corrected chi connectivity index (χ1v) is 7.15. The molecule has 2 unspecified atom stereocenters. The van der Waals surface area contributed by atoms with E-state index in [-0.39, 0.29) is 11.6 Å². The molecular formula is C14H25N3O. The van der Waals surface area contributed by atoms with Gasteiger partial charge in [-0.15, -0.1) is 0 Å². The molecule has 2 atom stereocenters. The molecule has 0 radical (unpaired) electrons. The predicted octanol–water partition coefficient (Wildman–Crippen LogP) is 2.55. The molecule has 0 aromatic rings. The fraction of sp³-hybridized carbons (Fsp3) is 0.929. The number of hydrogen-bond donors (Lipinski definition) is 1. The van der Waals surface area contributed by atoms with Gasteiger partial charge >= 0.3 is 0 Å². The normalized spacial score (nSPS) is 32.8. The van der Waals surface area contributed by atoms with E-state index in [9.17, 15) is 0 Å². The van der Waals surface area contributed by atoms with E-state index in [2.05, 4.69) is 22.8 Å². The van der Waals surface area contributed by atoms with Crippen molar-refractivity contribution in [3.05, 3.63) is 0 Å². The van der Waals surface area contributed by atoms with Crippen molar-refractivity contribution >= 4 is 6.01 Å². The zero-order chi connectivity index (χ0) is 13.0. The van der Waals surface area contributed by atoms with Gasteiger partial charge in [-0.25, -0.2) is 10.4 Å². The van der Waals surface area contributed by atoms with Crippen LogP contribution in [-0.2, 0) is 4.74 Å². The Bertz CT molecular complexity index is 321. The number of hydrogen-bond acceptors (Lipinski definition) is 4. The smallest absolute Gasteiger partial charge is 0.101 e. The van der Waals surface area contributed by atoms with Crippen molar-refractivity contribution in [2.24, 2.45) is 4.99 Å². The summed E-state index contributed by atoms with van der Waals surface area (Å²) in [6, 6.07) is 2.90. The van der Waals surface area contributed by atoms with Gasteiger partial charge in [0, 0.05) is 19.1 Å². The molecule has 1 heterocycles. The fourth-order valence-corrected chi connectivity index (χ4v) is 3.17. The van der Waals surface area contributed by atoms with Crippen LogP contribution >= 0.6 is 0 Å². The average Bonchev–Trinajstić information content (AvgIpc) is 2.40. The van der Waals surface area contributed by atoms with Gasteiger partial charge in [-0.2, -0.15) is 0 Å². The third-order valence-corrected chi connectivity index (χ3v) is 4.56. The van der Waals surface area contributed by atoms with Crippen molar-refractivity contribution < 1.29 is 4.74 Å². The molecule has 4 nitrogen and oxygen atoms in total. The van der Waals surface area contributed by atoms with E-state index in [1.54, 1.807) is 0 Å². The number of ether oxygens (including phenoxy) is 1. The minimum Gasteiger partial charge on any atom is -0.370 e. The third-order valence-electron chi connectivity index (χ3n) is 4.56. The van der Waals surface area contributed by atoms with E-state index in [0.29, 0.717) is 0 Å². The van der Waals surface area contributed by atoms with Crippen LogP contribution in [0.2, 0.25) is 0 Å². The monoisotopic (exact) mass is 251 g/mol. The molecule has 1 saturated carbocycles. The number of aliphatic imine (C=N–C) groups is 1. The van der Waals surface area contributed by atoms with Crippen molar-refractivity contribution in [3.8, 4) is 0 Å². The topological polar surface area (TPSA) is 48.7 Å². The lowest BCUT2D eigenvalue weighted by Gasteiger charge is -2.46. The molecule has 18 heavy (non-hydrogen) atoms. The van der Waals surface area contributed by atoms with Crippen LogP contribution in [0.15, 0.2) is 4.99 Å². The average molecular weight is 251 g/mol. The fourth-order valence-electron chi connectivity index (χ4n) is 3.17. The van der Waals surface area contributed by atoms with Crippen LogP contribution in [-0.4, -0.2) is 48.3 Å². The molecular weight excluding hydrogens is 226 g/mol. The van der Waals surface area contributed by atoms with Gasteiger partial charge in [-0.1, -0.05) is 19.3 Å². The highest BCUT2D eigenvalue weighted by atomic mass is 16.5. The summed E-state index contributed by atoms with van der Waals surface area (Å²) in [6.07, 6.45) is 6.79. The first-order chi connectivity index (χ1) is 8.65. The molecule has 1 aliphatic heterocycles. The Balaban J connectivity index is 2.00. The first kappa shape index (κ1) is 13.7. The van der Waals surface area contributed by atoms with Crippen molar-refractivity contribution in [3.63, 3.8) is 0 Å². The van der Waals surface area contributed by atoms with Crippen molar-refractivity contribution in [2.45, 2.75) is 63.6 Å². The summed E-state index contributed by atoms with van der Waals surface area (Å²) in [5, 5.41) is 7.00. The lowest BCUT2D eigenvalue weighted by Crippen LogP contribution is -2.57. The van der Waals surface area contributed by atoms with E-state index in [1.807, 2.05) is 6.92 Å². The van der Waals surface area contributed by atoms with Gasteiger partial charge in [0.1, 0.15) is 5.60 Å². The summed E-state index contributed by atoms with van der Waals surface area (Å²) >= 11 is 0. The van der Waals surface area contributed by atoms with Crippen LogP contribution in [0.5, 0.6) is 0 Å². The van der Waals surface area contributed by atoms with Gasteiger partial charge in [-0.3, -0.25) is 4.90 Å². The quantitative estimate of drug-likeness (QED) is 0.784. The van der Waals surface area contributed by atoms with E-state index in [4.69, 9.17) is 10.1 Å². The largest absolute Gasteiger partial charge is 0.370 e. The number of morpholine rings is 1. The summed E-state index contributed by atoms with van der Waals surface area (Å²) < 4.78 is 5.94. The van der Waals surface area contributed by atoms with Crippen LogP contribution in [0.4, 0.5) is 0 Å².